The molecule has 1 heterocycles. The van der Waals surface area contributed by atoms with Gasteiger partial charge in [-0.2, -0.15) is 0 Å². The monoisotopic (exact) mass is 253 g/mol. The van der Waals surface area contributed by atoms with Gasteiger partial charge in [0.2, 0.25) is 0 Å². The fraction of sp³-hybridized carbons (Fsp3) is 0. The zero-order valence-corrected chi connectivity index (χ0v) is 10.1. The zero-order valence-electron chi connectivity index (χ0n) is 10.1. The second kappa shape index (κ2) is 4.57. The second-order valence-corrected chi connectivity index (χ2v) is 4.23. The highest BCUT2D eigenvalue weighted by Gasteiger charge is 2.06. The molecule has 0 atom stereocenters. The Hall–Kier alpha value is -2.62. The highest BCUT2D eigenvalue weighted by molar-refractivity contribution is 6.01. The van der Waals surface area contributed by atoms with Crippen LogP contribution in [-0.2, 0) is 0 Å². The number of fused-ring (bicyclic) bond motifs is 1. The first kappa shape index (κ1) is 11.5. The van der Waals surface area contributed by atoms with Gasteiger partial charge in [0, 0.05) is 34.5 Å². The van der Waals surface area contributed by atoms with Gasteiger partial charge >= 0.3 is 0 Å². The van der Waals surface area contributed by atoms with Crippen LogP contribution in [0.1, 0.15) is 0 Å². The third kappa shape index (κ3) is 2.08. The first-order valence-corrected chi connectivity index (χ1v) is 5.89. The minimum absolute atomic E-state index is 0.295. The zero-order chi connectivity index (χ0) is 13.2. The van der Waals surface area contributed by atoms with E-state index in [1.54, 1.807) is 36.7 Å². The van der Waals surface area contributed by atoms with E-state index >= 15 is 0 Å². The first-order chi connectivity index (χ1) is 9.25. The Morgan fingerprint density at radius 2 is 1.79 bits per heavy atom. The van der Waals surface area contributed by atoms with Crippen molar-refractivity contribution in [3.8, 4) is 0 Å². The summed E-state index contributed by atoms with van der Waals surface area (Å²) >= 11 is 0. The fourth-order valence-corrected chi connectivity index (χ4v) is 2.03. The maximum absolute atomic E-state index is 13.7. The molecule has 94 valence electrons. The molecule has 0 aliphatic carbocycles. The van der Waals surface area contributed by atoms with Gasteiger partial charge in [0.15, 0.2) is 0 Å². The lowest BCUT2D eigenvalue weighted by atomic mass is 10.1. The van der Waals surface area contributed by atoms with Gasteiger partial charge in [-0.05, 0) is 30.3 Å². The number of nitrogens with two attached hydrogens (primary N) is 1. The summed E-state index contributed by atoms with van der Waals surface area (Å²) in [5, 5.41) is 4.84. The second-order valence-electron chi connectivity index (χ2n) is 4.23. The van der Waals surface area contributed by atoms with Crippen molar-refractivity contribution >= 4 is 27.8 Å². The van der Waals surface area contributed by atoms with E-state index in [2.05, 4.69) is 10.3 Å². The molecule has 0 aliphatic heterocycles. The Bertz CT molecular complexity index is 740. The summed E-state index contributed by atoms with van der Waals surface area (Å²) in [6.07, 6.45) is 3.40. The Morgan fingerprint density at radius 3 is 2.63 bits per heavy atom. The summed E-state index contributed by atoms with van der Waals surface area (Å²) in [5.41, 5.74) is 7.80. The highest BCUT2D eigenvalue weighted by Crippen LogP contribution is 2.30. The number of halogens is 1. The average molecular weight is 253 g/mol. The summed E-state index contributed by atoms with van der Waals surface area (Å²) < 4.78 is 13.7. The van der Waals surface area contributed by atoms with Crippen LogP contribution in [0.5, 0.6) is 0 Å². The molecule has 19 heavy (non-hydrogen) atoms. The van der Waals surface area contributed by atoms with Crippen molar-refractivity contribution < 1.29 is 4.39 Å². The molecule has 0 saturated carbocycles. The Kier molecular flexibility index (Phi) is 2.76. The average Bonchev–Trinajstić information content (AvgIpc) is 2.44. The van der Waals surface area contributed by atoms with Crippen LogP contribution in [-0.4, -0.2) is 4.98 Å². The normalized spacial score (nSPS) is 10.6. The topological polar surface area (TPSA) is 50.9 Å². The predicted molar refractivity (Wildman–Crippen MR) is 75.8 cm³/mol. The number of hydrogen-bond donors (Lipinski definition) is 2. The molecule has 0 unspecified atom stereocenters. The van der Waals surface area contributed by atoms with Crippen LogP contribution in [0.15, 0.2) is 54.9 Å². The highest BCUT2D eigenvalue weighted by atomic mass is 19.1. The van der Waals surface area contributed by atoms with E-state index in [9.17, 15) is 4.39 Å². The maximum Gasteiger partial charge on any atom is 0.146 e. The molecule has 0 spiro atoms. The van der Waals surface area contributed by atoms with Crippen molar-refractivity contribution in [2.75, 3.05) is 11.1 Å². The predicted octanol–water partition coefficient (Wildman–Crippen LogP) is 3.70. The van der Waals surface area contributed by atoms with Crippen molar-refractivity contribution in [2.45, 2.75) is 0 Å². The first-order valence-electron chi connectivity index (χ1n) is 5.89. The smallest absolute Gasteiger partial charge is 0.146 e. The van der Waals surface area contributed by atoms with Crippen molar-refractivity contribution in [1.82, 2.24) is 4.98 Å². The Labute approximate surface area is 109 Å². The number of benzene rings is 2. The van der Waals surface area contributed by atoms with Gasteiger partial charge in [-0.15, -0.1) is 0 Å². The van der Waals surface area contributed by atoms with Crippen LogP contribution in [0, 0.1) is 5.82 Å². The van der Waals surface area contributed by atoms with E-state index in [-0.39, 0.29) is 5.82 Å². The van der Waals surface area contributed by atoms with E-state index in [1.807, 2.05) is 12.1 Å². The molecule has 0 bridgehead atoms. The minimum Gasteiger partial charge on any atom is -0.398 e. The molecule has 1 aromatic heterocycles. The molecule has 0 saturated heterocycles. The van der Waals surface area contributed by atoms with Gasteiger partial charge in [0.25, 0.3) is 0 Å². The van der Waals surface area contributed by atoms with Gasteiger partial charge in [-0.1, -0.05) is 12.1 Å². The third-order valence-electron chi connectivity index (χ3n) is 3.00. The number of anilines is 3. The van der Waals surface area contributed by atoms with Crippen LogP contribution < -0.4 is 11.1 Å². The fourth-order valence-electron chi connectivity index (χ4n) is 2.03. The van der Waals surface area contributed by atoms with Crippen LogP contribution in [0.3, 0.4) is 0 Å². The molecular formula is C15H12FN3. The summed E-state index contributed by atoms with van der Waals surface area (Å²) in [7, 11) is 0. The van der Waals surface area contributed by atoms with E-state index in [0.717, 1.165) is 16.5 Å². The number of nitrogens with one attached hydrogen (secondary N) is 1. The Balaban J connectivity index is 2.12. The molecule has 3 aromatic rings. The van der Waals surface area contributed by atoms with E-state index in [4.69, 9.17) is 5.73 Å². The van der Waals surface area contributed by atoms with E-state index in [0.29, 0.717) is 11.4 Å². The van der Waals surface area contributed by atoms with Gasteiger partial charge < -0.3 is 11.1 Å². The third-order valence-corrected chi connectivity index (χ3v) is 3.00. The molecular weight excluding hydrogens is 241 g/mol. The number of rotatable bonds is 2. The minimum atomic E-state index is -0.295. The number of aromatic nitrogens is 1. The van der Waals surface area contributed by atoms with Crippen molar-refractivity contribution in [2.24, 2.45) is 0 Å². The summed E-state index contributed by atoms with van der Waals surface area (Å²) in [4.78, 5) is 4.09. The standard InChI is InChI=1S/C15H12FN3/c16-12-3-1-2-4-15(12)19-14-6-5-13(17)10-7-8-18-9-11(10)14/h1-9,19H,17H2. The SMILES string of the molecule is Nc1ccc(Nc2ccccc2F)c2cnccc12. The van der Waals surface area contributed by atoms with Gasteiger partial charge in [-0.25, -0.2) is 4.39 Å². The van der Waals surface area contributed by atoms with Gasteiger partial charge in [0.05, 0.1) is 5.69 Å². The largest absolute Gasteiger partial charge is 0.398 e. The molecule has 0 amide bonds. The van der Waals surface area contributed by atoms with Crippen molar-refractivity contribution in [1.29, 1.82) is 0 Å². The molecule has 0 radical (unpaired) electrons. The number of pyridine rings is 1. The molecule has 2 aromatic carbocycles. The molecule has 3 N–H and O–H groups in total. The summed E-state index contributed by atoms with van der Waals surface area (Å²) in [6.45, 7) is 0. The van der Waals surface area contributed by atoms with Crippen LogP contribution >= 0.6 is 0 Å². The lowest BCUT2D eigenvalue weighted by Crippen LogP contribution is -1.96. The maximum atomic E-state index is 13.7. The molecule has 4 heteroatoms. The Morgan fingerprint density at radius 1 is 0.947 bits per heavy atom. The van der Waals surface area contributed by atoms with E-state index < -0.39 is 0 Å². The van der Waals surface area contributed by atoms with Gasteiger partial charge in [0.1, 0.15) is 5.82 Å². The van der Waals surface area contributed by atoms with Crippen molar-refractivity contribution in [3.05, 3.63) is 60.7 Å². The van der Waals surface area contributed by atoms with Crippen molar-refractivity contribution in [3.63, 3.8) is 0 Å². The summed E-state index contributed by atoms with van der Waals surface area (Å²) in [6, 6.07) is 12.0. The lowest BCUT2D eigenvalue weighted by Gasteiger charge is -2.11. The molecule has 3 rings (SSSR count). The number of nitrogens with zero attached hydrogens (tertiary/aromatic N) is 1. The lowest BCUT2D eigenvalue weighted by molar-refractivity contribution is 0.632. The molecule has 0 fully saturated rings. The number of hydrogen-bond acceptors (Lipinski definition) is 3. The summed E-state index contributed by atoms with van der Waals surface area (Å²) in [5.74, 6) is -0.295. The van der Waals surface area contributed by atoms with E-state index in [1.165, 1.54) is 6.07 Å². The van der Waals surface area contributed by atoms with Crippen LogP contribution in [0.25, 0.3) is 10.8 Å². The van der Waals surface area contributed by atoms with Crippen LogP contribution in [0.4, 0.5) is 21.5 Å². The molecule has 3 nitrogen and oxygen atoms in total. The quantitative estimate of drug-likeness (QED) is 0.685. The molecule has 0 aliphatic rings. The van der Waals surface area contributed by atoms with Crippen LogP contribution in [0.2, 0.25) is 0 Å². The number of para-hydroxylation sites is 1. The number of nitrogen functional groups attached to an aromatic ring is 1. The van der Waals surface area contributed by atoms with Gasteiger partial charge in [-0.3, -0.25) is 4.98 Å².